The lowest BCUT2D eigenvalue weighted by molar-refractivity contribution is -0.228. The maximum Gasteiger partial charge on any atom is 0.414 e. The minimum absolute atomic E-state index is 0.0723. The molecule has 0 unspecified atom stereocenters. The molecule has 2 nitrogen and oxygen atoms in total. The van der Waals surface area contributed by atoms with Crippen LogP contribution in [0.3, 0.4) is 0 Å². The maximum absolute atomic E-state index is 13.2. The summed E-state index contributed by atoms with van der Waals surface area (Å²) in [6.07, 6.45) is 1.71. The molecule has 0 aromatic heterocycles. The van der Waals surface area contributed by atoms with Gasteiger partial charge in [-0.2, -0.15) is 13.2 Å². The van der Waals surface area contributed by atoms with Crippen LogP contribution in [-0.4, -0.2) is 28.1 Å². The van der Waals surface area contributed by atoms with E-state index in [0.29, 0.717) is 23.7 Å². The van der Waals surface area contributed by atoms with Crippen LogP contribution in [0.2, 0.25) is 0 Å². The summed E-state index contributed by atoms with van der Waals surface area (Å²) < 4.78 is 39.7. The number of hydrogen-bond donors (Lipinski definition) is 2. The van der Waals surface area contributed by atoms with Crippen LogP contribution in [-0.2, 0) is 0 Å². The van der Waals surface area contributed by atoms with Crippen molar-refractivity contribution in [1.82, 2.24) is 0 Å². The third-order valence-electron chi connectivity index (χ3n) is 10.6. The van der Waals surface area contributed by atoms with Crippen molar-refractivity contribution in [3.05, 3.63) is 0 Å². The monoisotopic (exact) mass is 440 g/mol. The summed E-state index contributed by atoms with van der Waals surface area (Å²) >= 11 is 0. The van der Waals surface area contributed by atoms with Crippen molar-refractivity contribution in [2.45, 2.75) is 103 Å². The average molecular weight is 441 g/mol. The summed E-state index contributed by atoms with van der Waals surface area (Å²) in [6.45, 7) is 8.03. The van der Waals surface area contributed by atoms with Crippen molar-refractivity contribution in [3.8, 4) is 11.8 Å². The van der Waals surface area contributed by atoms with Crippen molar-refractivity contribution in [2.24, 2.45) is 46.3 Å². The molecule has 4 rings (SSSR count). The molecule has 0 aliphatic heterocycles. The zero-order chi connectivity index (χ0) is 22.8. The van der Waals surface area contributed by atoms with Crippen LogP contribution in [0.1, 0.15) is 85.5 Å². The minimum atomic E-state index is -4.54. The molecule has 0 spiro atoms. The van der Waals surface area contributed by atoms with E-state index in [1.807, 2.05) is 0 Å². The van der Waals surface area contributed by atoms with E-state index < -0.39 is 23.8 Å². The smallest absolute Gasteiger partial charge is 0.383 e. The lowest BCUT2D eigenvalue weighted by atomic mass is 9.43. The molecule has 0 aromatic rings. The molecule has 0 heterocycles. The maximum atomic E-state index is 13.2. The number of fused-ring (bicyclic) bond motifs is 5. The number of aliphatic hydroxyl groups excluding tert-OH is 1. The minimum Gasteiger partial charge on any atom is -0.383 e. The van der Waals surface area contributed by atoms with Crippen molar-refractivity contribution in [2.75, 3.05) is 0 Å². The van der Waals surface area contributed by atoms with Crippen LogP contribution in [0.4, 0.5) is 13.2 Å². The summed E-state index contributed by atoms with van der Waals surface area (Å²) in [4.78, 5) is 0. The fourth-order valence-electron chi connectivity index (χ4n) is 9.01. The molecule has 2 N–H and O–H groups in total. The highest BCUT2D eigenvalue weighted by Crippen LogP contribution is 2.69. The first-order valence-electron chi connectivity index (χ1n) is 12.3. The first-order valence-corrected chi connectivity index (χ1v) is 12.3. The van der Waals surface area contributed by atoms with Gasteiger partial charge in [0.05, 0.1) is 0 Å². The van der Waals surface area contributed by atoms with Gasteiger partial charge in [-0.25, -0.2) is 0 Å². The summed E-state index contributed by atoms with van der Waals surface area (Å²) in [7, 11) is 0. The van der Waals surface area contributed by atoms with E-state index in [4.69, 9.17) is 0 Å². The Bertz CT molecular complexity index is 754. The molecule has 4 saturated carbocycles. The first kappa shape index (κ1) is 23.4. The van der Waals surface area contributed by atoms with Crippen molar-refractivity contribution in [3.63, 3.8) is 0 Å². The van der Waals surface area contributed by atoms with Crippen LogP contribution < -0.4 is 0 Å². The second-order valence-corrected chi connectivity index (χ2v) is 11.8. The van der Waals surface area contributed by atoms with Gasteiger partial charge in [0.1, 0.15) is 5.60 Å². The van der Waals surface area contributed by atoms with Crippen molar-refractivity contribution < 1.29 is 23.4 Å². The lowest BCUT2D eigenvalue weighted by Gasteiger charge is -2.62. The summed E-state index contributed by atoms with van der Waals surface area (Å²) in [5, 5.41) is 20.9. The third kappa shape index (κ3) is 3.65. The predicted molar refractivity (Wildman–Crippen MR) is 115 cm³/mol. The van der Waals surface area contributed by atoms with Gasteiger partial charge in [0, 0.05) is 0 Å². The largest absolute Gasteiger partial charge is 0.414 e. The molecule has 0 radical (unpaired) electrons. The molecule has 4 aliphatic rings. The van der Waals surface area contributed by atoms with E-state index in [0.717, 1.165) is 57.8 Å². The SMILES string of the molecule is CC#C[C@@]1(O)CC[C@@]2(C)[C@H](CC[C@@H]3[C@@H]2CC[C@]2(C)[C@@H]([C@H](C)[C@H](O)C(F)(F)F)CC[C@@H]32)C1. The summed E-state index contributed by atoms with van der Waals surface area (Å²) in [6, 6.07) is 0. The van der Waals surface area contributed by atoms with E-state index >= 15 is 0 Å². The van der Waals surface area contributed by atoms with Gasteiger partial charge in [0.15, 0.2) is 6.10 Å². The Morgan fingerprint density at radius 3 is 2.26 bits per heavy atom. The molecule has 10 atom stereocenters. The van der Waals surface area contributed by atoms with E-state index in [2.05, 4.69) is 25.7 Å². The van der Waals surface area contributed by atoms with Gasteiger partial charge in [-0.3, -0.25) is 0 Å². The molecule has 0 aromatic carbocycles. The number of aliphatic hydroxyl groups is 2. The van der Waals surface area contributed by atoms with E-state index in [1.54, 1.807) is 13.8 Å². The third-order valence-corrected chi connectivity index (χ3v) is 10.6. The topological polar surface area (TPSA) is 40.5 Å². The molecule has 4 fully saturated rings. The van der Waals surface area contributed by atoms with Crippen molar-refractivity contribution in [1.29, 1.82) is 0 Å². The first-order chi connectivity index (χ1) is 14.4. The molecular formula is C26H39F3O2. The number of rotatable bonds is 2. The van der Waals surface area contributed by atoms with Gasteiger partial charge in [-0.1, -0.05) is 26.7 Å². The molecule has 5 heteroatoms. The molecule has 4 aliphatic carbocycles. The van der Waals surface area contributed by atoms with Gasteiger partial charge in [0.25, 0.3) is 0 Å². The van der Waals surface area contributed by atoms with E-state index in [-0.39, 0.29) is 16.7 Å². The number of alkyl halides is 3. The van der Waals surface area contributed by atoms with E-state index in [9.17, 15) is 23.4 Å². The molecule has 31 heavy (non-hydrogen) atoms. The Balaban J connectivity index is 1.54. The van der Waals surface area contributed by atoms with Crippen LogP contribution >= 0.6 is 0 Å². The van der Waals surface area contributed by atoms with Crippen LogP contribution in [0, 0.1) is 58.2 Å². The Morgan fingerprint density at radius 1 is 0.935 bits per heavy atom. The Kier molecular flexibility index (Phi) is 5.79. The molecule has 0 saturated heterocycles. The fraction of sp³-hybridized carbons (Fsp3) is 0.923. The number of halogens is 3. The fourth-order valence-corrected chi connectivity index (χ4v) is 9.01. The summed E-state index contributed by atoms with van der Waals surface area (Å²) in [5.41, 5.74) is -0.767. The Morgan fingerprint density at radius 2 is 1.61 bits per heavy atom. The highest BCUT2D eigenvalue weighted by Gasteiger charge is 2.62. The standard InChI is InChI=1S/C26H39F3O2/c1-5-11-25(31)14-13-23(3)17(15-25)6-7-18-20-9-8-19(16(2)22(30)26(27,28)29)24(20,4)12-10-21(18)23/h16-22,30-31H,6-10,12-15H2,1-4H3/t16-,17+,18-,19+,20-,21-,22-,23-,24+,25+/m0/s1. The average Bonchev–Trinajstić information content (AvgIpc) is 3.04. The second kappa shape index (κ2) is 7.66. The zero-order valence-electron chi connectivity index (χ0n) is 19.4. The molecule has 0 amide bonds. The quantitative estimate of drug-likeness (QED) is 0.520. The normalized spacial score (nSPS) is 49.1. The van der Waals surface area contributed by atoms with Crippen LogP contribution in [0.5, 0.6) is 0 Å². The Hall–Kier alpha value is -0.730. The highest BCUT2D eigenvalue weighted by atomic mass is 19.4. The van der Waals surface area contributed by atoms with Gasteiger partial charge >= 0.3 is 6.18 Å². The molecular weight excluding hydrogens is 401 g/mol. The van der Waals surface area contributed by atoms with Crippen LogP contribution in [0.15, 0.2) is 0 Å². The highest BCUT2D eigenvalue weighted by molar-refractivity contribution is 5.18. The van der Waals surface area contributed by atoms with Gasteiger partial charge in [-0.05, 0) is 111 Å². The Labute approximate surface area is 185 Å². The van der Waals surface area contributed by atoms with Crippen LogP contribution in [0.25, 0.3) is 0 Å². The lowest BCUT2D eigenvalue weighted by Crippen LogP contribution is -2.56. The van der Waals surface area contributed by atoms with E-state index in [1.165, 1.54) is 0 Å². The second-order valence-electron chi connectivity index (χ2n) is 11.8. The van der Waals surface area contributed by atoms with Gasteiger partial charge in [-0.15, -0.1) is 5.92 Å². The number of hydrogen-bond acceptors (Lipinski definition) is 2. The molecule has 0 bridgehead atoms. The van der Waals surface area contributed by atoms with Gasteiger partial charge in [0.2, 0.25) is 0 Å². The summed E-state index contributed by atoms with van der Waals surface area (Å²) in [5.74, 6) is 7.21. The molecule has 176 valence electrons. The van der Waals surface area contributed by atoms with Crippen molar-refractivity contribution >= 4 is 0 Å². The zero-order valence-corrected chi connectivity index (χ0v) is 19.4. The predicted octanol–water partition coefficient (Wildman–Crippen LogP) is 5.96. The van der Waals surface area contributed by atoms with Gasteiger partial charge < -0.3 is 10.2 Å².